The zero-order chi connectivity index (χ0) is 26.6. The molecule has 4 aliphatic rings. The first-order chi connectivity index (χ1) is 17.4. The predicted octanol–water partition coefficient (Wildman–Crippen LogP) is 4.76. The first kappa shape index (κ1) is 26.2. The molecule has 0 aromatic carbocycles. The van der Waals surface area contributed by atoms with Crippen LogP contribution in [0.4, 0.5) is 13.2 Å². The first-order valence-electron chi connectivity index (χ1n) is 13.4. The van der Waals surface area contributed by atoms with Gasteiger partial charge in [-0.15, -0.1) is 0 Å². The number of alkyl halides is 3. The van der Waals surface area contributed by atoms with Crippen molar-refractivity contribution in [1.82, 2.24) is 14.8 Å². The smallest absolute Gasteiger partial charge is 0.417 e. The summed E-state index contributed by atoms with van der Waals surface area (Å²) in [4.78, 5) is 35.3. The van der Waals surface area contributed by atoms with Crippen molar-refractivity contribution >= 4 is 11.9 Å². The van der Waals surface area contributed by atoms with Crippen LogP contribution in [0.25, 0.3) is 0 Å². The van der Waals surface area contributed by atoms with E-state index in [1.807, 2.05) is 26.8 Å². The Labute approximate surface area is 216 Å². The lowest BCUT2D eigenvalue weighted by Gasteiger charge is -2.39. The minimum absolute atomic E-state index is 0.0950. The molecule has 2 fully saturated rings. The van der Waals surface area contributed by atoms with Crippen molar-refractivity contribution in [3.8, 4) is 0 Å². The Morgan fingerprint density at radius 1 is 1.11 bits per heavy atom. The van der Waals surface area contributed by atoms with Gasteiger partial charge in [0.1, 0.15) is 5.60 Å². The van der Waals surface area contributed by atoms with Gasteiger partial charge in [0, 0.05) is 37.4 Å². The van der Waals surface area contributed by atoms with Crippen molar-refractivity contribution in [2.75, 3.05) is 19.6 Å². The van der Waals surface area contributed by atoms with Crippen molar-refractivity contribution in [2.24, 2.45) is 17.3 Å². The first-order valence-corrected chi connectivity index (χ1v) is 13.4. The van der Waals surface area contributed by atoms with Gasteiger partial charge in [-0.3, -0.25) is 19.5 Å². The van der Waals surface area contributed by atoms with Crippen molar-refractivity contribution < 1.29 is 27.5 Å². The Kier molecular flexibility index (Phi) is 6.66. The van der Waals surface area contributed by atoms with Gasteiger partial charge in [-0.25, -0.2) is 0 Å². The topological polar surface area (TPSA) is 62.7 Å². The molecule has 37 heavy (non-hydrogen) atoms. The number of carbonyl (C=O) groups excluding carboxylic acids is 2. The van der Waals surface area contributed by atoms with Crippen LogP contribution < -0.4 is 0 Å². The monoisotopic (exact) mass is 519 g/mol. The number of hydrogen-bond donors (Lipinski definition) is 0. The number of piperidine rings is 1. The van der Waals surface area contributed by atoms with Gasteiger partial charge in [-0.2, -0.15) is 13.2 Å². The Morgan fingerprint density at radius 2 is 1.84 bits per heavy atom. The molecule has 4 atom stereocenters. The van der Waals surface area contributed by atoms with E-state index in [2.05, 4.69) is 16.0 Å². The van der Waals surface area contributed by atoms with Gasteiger partial charge >= 0.3 is 12.1 Å². The Morgan fingerprint density at radius 3 is 2.51 bits per heavy atom. The standard InChI is InChI=1S/C28H36F3N3O3/c1-26(2,3)37-24(35)21-14-22(21)27(9-7-20(15-27)33-10-5-4-6-11-33)25(36)34-12-8-23-18(17-34)13-19(16-32-23)28(29,30)31/h7,9,13,16,20-22H,4-6,8,10-12,14-15,17H2,1-3H3/t20-,21?,22?,27+/m1/s1. The zero-order valence-corrected chi connectivity index (χ0v) is 21.8. The van der Waals surface area contributed by atoms with Crippen LogP contribution in [0.1, 0.15) is 69.7 Å². The molecule has 1 amide bonds. The molecule has 6 nitrogen and oxygen atoms in total. The fourth-order valence-corrected chi connectivity index (χ4v) is 6.31. The number of hydrogen-bond acceptors (Lipinski definition) is 5. The van der Waals surface area contributed by atoms with Crippen LogP contribution in [0.2, 0.25) is 0 Å². The second kappa shape index (κ2) is 9.40. The molecular weight excluding hydrogens is 483 g/mol. The Bertz CT molecular complexity index is 1090. The van der Waals surface area contributed by atoms with Gasteiger partial charge < -0.3 is 9.64 Å². The summed E-state index contributed by atoms with van der Waals surface area (Å²) in [6, 6.07) is 1.25. The molecule has 2 aliphatic carbocycles. The molecule has 0 spiro atoms. The highest BCUT2D eigenvalue weighted by atomic mass is 19.4. The summed E-state index contributed by atoms with van der Waals surface area (Å²) in [6.45, 7) is 7.97. The van der Waals surface area contributed by atoms with E-state index in [1.54, 1.807) is 4.90 Å². The van der Waals surface area contributed by atoms with Crippen molar-refractivity contribution in [2.45, 2.75) is 83.7 Å². The van der Waals surface area contributed by atoms with Crippen LogP contribution in [-0.4, -0.2) is 57.9 Å². The summed E-state index contributed by atoms with van der Waals surface area (Å²) in [7, 11) is 0. The predicted molar refractivity (Wildman–Crippen MR) is 131 cm³/mol. The van der Waals surface area contributed by atoms with Crippen LogP contribution in [0.15, 0.2) is 24.4 Å². The number of likely N-dealkylation sites (tertiary alicyclic amines) is 1. The van der Waals surface area contributed by atoms with Gasteiger partial charge in [0.05, 0.1) is 16.9 Å². The summed E-state index contributed by atoms with van der Waals surface area (Å²) in [5.74, 6) is -0.879. The molecule has 5 rings (SSSR count). The second-order valence-electron chi connectivity index (χ2n) is 12.1. The van der Waals surface area contributed by atoms with Gasteiger partial charge in [0.15, 0.2) is 0 Å². The molecule has 0 bridgehead atoms. The van der Waals surface area contributed by atoms with E-state index >= 15 is 0 Å². The molecule has 0 radical (unpaired) electrons. The maximum Gasteiger partial charge on any atom is 0.417 e. The molecule has 0 N–H and O–H groups in total. The maximum absolute atomic E-state index is 14.2. The van der Waals surface area contributed by atoms with Gasteiger partial charge in [-0.05, 0) is 77.1 Å². The van der Waals surface area contributed by atoms with Crippen molar-refractivity contribution in [3.05, 3.63) is 41.2 Å². The highest BCUT2D eigenvalue weighted by Crippen LogP contribution is 2.58. The summed E-state index contributed by atoms with van der Waals surface area (Å²) < 4.78 is 45.6. The largest absolute Gasteiger partial charge is 0.460 e. The number of halogens is 3. The van der Waals surface area contributed by atoms with Crippen LogP contribution >= 0.6 is 0 Å². The number of rotatable bonds is 4. The Balaban J connectivity index is 1.39. The van der Waals surface area contributed by atoms with Crippen LogP contribution in [0.5, 0.6) is 0 Å². The van der Waals surface area contributed by atoms with E-state index in [-0.39, 0.29) is 36.3 Å². The molecule has 1 aromatic rings. The molecule has 2 aliphatic heterocycles. The van der Waals surface area contributed by atoms with E-state index < -0.39 is 22.8 Å². The lowest BCUT2D eigenvalue weighted by atomic mass is 9.78. The number of amides is 1. The van der Waals surface area contributed by atoms with Gasteiger partial charge in [0.2, 0.25) is 5.91 Å². The van der Waals surface area contributed by atoms with E-state index in [1.165, 1.54) is 6.42 Å². The minimum Gasteiger partial charge on any atom is -0.460 e. The third-order valence-corrected chi connectivity index (χ3v) is 8.24. The highest BCUT2D eigenvalue weighted by Gasteiger charge is 2.62. The minimum atomic E-state index is -4.49. The molecule has 3 heterocycles. The van der Waals surface area contributed by atoms with E-state index in [0.29, 0.717) is 37.1 Å². The highest BCUT2D eigenvalue weighted by molar-refractivity contribution is 5.89. The number of nitrogens with zero attached hydrogens (tertiary/aromatic N) is 3. The maximum atomic E-state index is 14.2. The SMILES string of the molecule is CC(C)(C)OC(=O)C1CC1[C@]1(C(=O)N2CCc3ncc(C(F)(F)F)cc3C2)C=C[C@@H](N2CCCCC2)C1. The zero-order valence-electron chi connectivity index (χ0n) is 21.8. The van der Waals surface area contributed by atoms with Crippen LogP contribution in [0.3, 0.4) is 0 Å². The summed E-state index contributed by atoms with van der Waals surface area (Å²) >= 11 is 0. The molecule has 202 valence electrons. The van der Waals surface area contributed by atoms with E-state index in [9.17, 15) is 22.8 Å². The average molecular weight is 520 g/mol. The van der Waals surface area contributed by atoms with E-state index in [0.717, 1.165) is 38.2 Å². The van der Waals surface area contributed by atoms with Crippen molar-refractivity contribution in [1.29, 1.82) is 0 Å². The summed E-state index contributed by atoms with van der Waals surface area (Å²) in [5.41, 5.74) is -1.21. The van der Waals surface area contributed by atoms with Gasteiger partial charge in [-0.1, -0.05) is 18.6 Å². The lowest BCUT2D eigenvalue weighted by Crippen LogP contribution is -2.48. The fourth-order valence-electron chi connectivity index (χ4n) is 6.31. The number of ether oxygens (including phenoxy) is 1. The fraction of sp³-hybridized carbons (Fsp3) is 0.679. The average Bonchev–Trinajstić information content (AvgIpc) is 3.54. The van der Waals surface area contributed by atoms with Gasteiger partial charge in [0.25, 0.3) is 0 Å². The molecule has 1 aromatic heterocycles. The second-order valence-corrected chi connectivity index (χ2v) is 12.1. The third kappa shape index (κ3) is 5.29. The van der Waals surface area contributed by atoms with Crippen molar-refractivity contribution in [3.63, 3.8) is 0 Å². The Hall–Kier alpha value is -2.42. The number of fused-ring (bicyclic) bond motifs is 1. The molecule has 1 saturated heterocycles. The number of pyridine rings is 1. The van der Waals surface area contributed by atoms with E-state index in [4.69, 9.17) is 4.74 Å². The molecular formula is C28H36F3N3O3. The molecule has 9 heteroatoms. The molecule has 1 saturated carbocycles. The quantitative estimate of drug-likeness (QED) is 0.424. The van der Waals surface area contributed by atoms with Crippen LogP contribution in [0, 0.1) is 17.3 Å². The normalized spacial score (nSPS) is 30.2. The molecule has 2 unspecified atom stereocenters. The van der Waals surface area contributed by atoms with Crippen LogP contribution in [-0.2, 0) is 33.5 Å². The number of carbonyl (C=O) groups is 2. The summed E-state index contributed by atoms with van der Waals surface area (Å²) in [5, 5.41) is 0. The summed E-state index contributed by atoms with van der Waals surface area (Å²) in [6.07, 6.45) is 5.58. The number of esters is 1. The number of aromatic nitrogens is 1. The lowest BCUT2D eigenvalue weighted by molar-refractivity contribution is -0.157. The third-order valence-electron chi connectivity index (χ3n) is 8.24.